The number of carbonyl (C=O) groups excluding carboxylic acids is 1. The molecule has 0 unspecified atom stereocenters. The van der Waals surface area contributed by atoms with E-state index >= 15 is 0 Å². The average molecular weight is 301 g/mol. The molecule has 1 N–H and O–H groups in total. The van der Waals surface area contributed by atoms with Gasteiger partial charge in [-0.3, -0.25) is 9.36 Å². The van der Waals surface area contributed by atoms with Crippen LogP contribution in [0.1, 0.15) is 18.3 Å². The first-order valence-electron chi connectivity index (χ1n) is 7.07. The third kappa shape index (κ3) is 3.94. The van der Waals surface area contributed by atoms with Crippen molar-refractivity contribution >= 4 is 11.6 Å². The van der Waals surface area contributed by atoms with Crippen molar-refractivity contribution in [3.63, 3.8) is 0 Å². The highest BCUT2D eigenvalue weighted by Gasteiger charge is 2.09. The molecule has 1 aromatic carbocycles. The van der Waals surface area contributed by atoms with Crippen LogP contribution in [0.15, 0.2) is 35.1 Å². The van der Waals surface area contributed by atoms with Gasteiger partial charge in [-0.15, -0.1) is 0 Å². The Bertz CT molecular complexity index is 720. The maximum atomic E-state index is 12.1. The van der Waals surface area contributed by atoms with E-state index < -0.39 is 5.69 Å². The Balaban J connectivity index is 2.06. The molecule has 22 heavy (non-hydrogen) atoms. The van der Waals surface area contributed by atoms with Crippen LogP contribution in [0.2, 0.25) is 0 Å². The third-order valence-corrected chi connectivity index (χ3v) is 3.10. The normalized spacial score (nSPS) is 10.3. The van der Waals surface area contributed by atoms with Crippen molar-refractivity contribution < 1.29 is 9.53 Å². The van der Waals surface area contributed by atoms with Crippen LogP contribution in [0.5, 0.6) is 5.75 Å². The van der Waals surface area contributed by atoms with Crippen molar-refractivity contribution in [3.05, 3.63) is 52.2 Å². The minimum Gasteiger partial charge on any atom is -0.494 e. The summed E-state index contributed by atoms with van der Waals surface area (Å²) in [6.07, 6.45) is 0. The van der Waals surface area contributed by atoms with Crippen LogP contribution in [0.3, 0.4) is 0 Å². The molecule has 0 aliphatic rings. The van der Waals surface area contributed by atoms with Gasteiger partial charge in [0, 0.05) is 17.1 Å². The maximum Gasteiger partial charge on any atom is 0.348 e. The van der Waals surface area contributed by atoms with Crippen LogP contribution in [0.4, 0.5) is 5.69 Å². The number of amides is 1. The van der Waals surface area contributed by atoms with Crippen molar-refractivity contribution in [2.75, 3.05) is 11.9 Å². The lowest BCUT2D eigenvalue weighted by molar-refractivity contribution is -0.116. The zero-order valence-corrected chi connectivity index (χ0v) is 12.9. The summed E-state index contributed by atoms with van der Waals surface area (Å²) in [7, 11) is 0. The fourth-order valence-corrected chi connectivity index (χ4v) is 2.11. The summed E-state index contributed by atoms with van der Waals surface area (Å²) in [4.78, 5) is 27.7. The number of hydrogen-bond donors (Lipinski definition) is 1. The summed E-state index contributed by atoms with van der Waals surface area (Å²) in [5, 5.41) is 2.75. The molecule has 116 valence electrons. The summed E-state index contributed by atoms with van der Waals surface area (Å²) in [5.74, 6) is 0.468. The summed E-state index contributed by atoms with van der Waals surface area (Å²) in [6.45, 7) is 5.96. The van der Waals surface area contributed by atoms with E-state index in [1.165, 1.54) is 4.57 Å². The van der Waals surface area contributed by atoms with E-state index in [0.29, 0.717) is 23.7 Å². The third-order valence-electron chi connectivity index (χ3n) is 3.10. The Labute approximate surface area is 128 Å². The van der Waals surface area contributed by atoms with E-state index in [4.69, 9.17) is 4.74 Å². The molecule has 0 aliphatic carbocycles. The number of benzene rings is 1. The predicted molar refractivity (Wildman–Crippen MR) is 84.2 cm³/mol. The molecule has 2 rings (SSSR count). The molecular weight excluding hydrogens is 282 g/mol. The van der Waals surface area contributed by atoms with E-state index in [9.17, 15) is 9.59 Å². The Morgan fingerprint density at radius 3 is 2.55 bits per heavy atom. The first-order valence-corrected chi connectivity index (χ1v) is 7.07. The monoisotopic (exact) mass is 301 g/mol. The smallest absolute Gasteiger partial charge is 0.348 e. The van der Waals surface area contributed by atoms with Gasteiger partial charge in [0.05, 0.1) is 6.61 Å². The quantitative estimate of drug-likeness (QED) is 0.915. The van der Waals surface area contributed by atoms with E-state index in [0.717, 1.165) is 5.75 Å². The molecule has 0 fully saturated rings. The number of aromatic nitrogens is 2. The lowest BCUT2D eigenvalue weighted by atomic mass is 10.3. The minimum absolute atomic E-state index is 0.0643. The van der Waals surface area contributed by atoms with Gasteiger partial charge in [0.2, 0.25) is 5.91 Å². The van der Waals surface area contributed by atoms with Gasteiger partial charge < -0.3 is 10.1 Å². The van der Waals surface area contributed by atoms with Gasteiger partial charge >= 0.3 is 5.69 Å². The Morgan fingerprint density at radius 1 is 1.27 bits per heavy atom. The standard InChI is InChI=1S/C16H19N3O3/c1-4-22-14-7-5-13(6-8-14)18-15(20)10-19-12(3)9-11(2)17-16(19)21/h5-9H,4,10H2,1-3H3,(H,18,20). The molecule has 0 radical (unpaired) electrons. The number of aryl methyl sites for hydroxylation is 2. The van der Waals surface area contributed by atoms with E-state index in [1.807, 2.05) is 6.92 Å². The zero-order valence-electron chi connectivity index (χ0n) is 12.9. The van der Waals surface area contributed by atoms with Crippen molar-refractivity contribution in [1.29, 1.82) is 0 Å². The lowest BCUT2D eigenvalue weighted by Crippen LogP contribution is -2.31. The van der Waals surface area contributed by atoms with Crippen LogP contribution in [-0.2, 0) is 11.3 Å². The number of hydrogen-bond acceptors (Lipinski definition) is 4. The van der Waals surface area contributed by atoms with E-state index in [1.54, 1.807) is 44.2 Å². The van der Waals surface area contributed by atoms with Gasteiger partial charge in [-0.2, -0.15) is 4.98 Å². The minimum atomic E-state index is -0.417. The van der Waals surface area contributed by atoms with Crippen LogP contribution in [0, 0.1) is 13.8 Å². The van der Waals surface area contributed by atoms with Crippen LogP contribution >= 0.6 is 0 Å². The fraction of sp³-hybridized carbons (Fsp3) is 0.312. The molecule has 0 atom stereocenters. The van der Waals surface area contributed by atoms with Gasteiger partial charge in [0.15, 0.2) is 0 Å². The first kappa shape index (κ1) is 15.8. The maximum absolute atomic E-state index is 12.1. The SMILES string of the molecule is CCOc1ccc(NC(=O)Cn2c(C)cc(C)nc2=O)cc1. The number of ether oxygens (including phenoxy) is 1. The second kappa shape index (κ2) is 6.89. The molecule has 0 saturated heterocycles. The molecule has 6 heteroatoms. The highest BCUT2D eigenvalue weighted by molar-refractivity contribution is 5.90. The fourth-order valence-electron chi connectivity index (χ4n) is 2.11. The van der Waals surface area contributed by atoms with Crippen molar-refractivity contribution in [3.8, 4) is 5.75 Å². The molecule has 2 aromatic rings. The molecule has 1 aromatic heterocycles. The van der Waals surface area contributed by atoms with Gasteiger partial charge in [0.25, 0.3) is 0 Å². The van der Waals surface area contributed by atoms with Crippen molar-refractivity contribution in [2.45, 2.75) is 27.3 Å². The molecule has 6 nitrogen and oxygen atoms in total. The van der Waals surface area contributed by atoms with Crippen molar-refractivity contribution in [1.82, 2.24) is 9.55 Å². The number of anilines is 1. The number of carbonyl (C=O) groups is 1. The predicted octanol–water partition coefficient (Wildman–Crippen LogP) is 1.90. The van der Waals surface area contributed by atoms with Gasteiger partial charge in [-0.25, -0.2) is 4.79 Å². The topological polar surface area (TPSA) is 73.2 Å². The molecule has 0 aliphatic heterocycles. The Morgan fingerprint density at radius 2 is 1.95 bits per heavy atom. The molecule has 0 spiro atoms. The average Bonchev–Trinajstić information content (AvgIpc) is 2.45. The van der Waals surface area contributed by atoms with Crippen LogP contribution < -0.4 is 15.7 Å². The summed E-state index contributed by atoms with van der Waals surface area (Å²) in [5.41, 5.74) is 1.59. The second-order valence-corrected chi connectivity index (χ2v) is 4.91. The summed E-state index contributed by atoms with van der Waals surface area (Å²) >= 11 is 0. The lowest BCUT2D eigenvalue weighted by Gasteiger charge is -2.10. The molecular formula is C16H19N3O3. The van der Waals surface area contributed by atoms with Crippen molar-refractivity contribution in [2.24, 2.45) is 0 Å². The van der Waals surface area contributed by atoms with E-state index in [-0.39, 0.29) is 12.5 Å². The van der Waals surface area contributed by atoms with Crippen LogP contribution in [-0.4, -0.2) is 22.1 Å². The highest BCUT2D eigenvalue weighted by Crippen LogP contribution is 2.15. The molecule has 1 heterocycles. The van der Waals surface area contributed by atoms with E-state index in [2.05, 4.69) is 10.3 Å². The first-order chi connectivity index (χ1) is 10.5. The Hall–Kier alpha value is -2.63. The number of nitrogens with one attached hydrogen (secondary N) is 1. The molecule has 0 bridgehead atoms. The summed E-state index contributed by atoms with van der Waals surface area (Å²) < 4.78 is 6.68. The second-order valence-electron chi connectivity index (χ2n) is 4.91. The van der Waals surface area contributed by atoms with Gasteiger partial charge in [-0.1, -0.05) is 0 Å². The summed E-state index contributed by atoms with van der Waals surface area (Å²) in [6, 6.07) is 8.84. The van der Waals surface area contributed by atoms with Gasteiger partial charge in [0.1, 0.15) is 12.3 Å². The number of rotatable bonds is 5. The van der Waals surface area contributed by atoms with Crippen LogP contribution in [0.25, 0.3) is 0 Å². The Kier molecular flexibility index (Phi) is 4.93. The zero-order chi connectivity index (χ0) is 16.1. The molecule has 0 saturated carbocycles. The molecule has 1 amide bonds. The number of nitrogens with zero attached hydrogens (tertiary/aromatic N) is 2. The largest absolute Gasteiger partial charge is 0.494 e. The highest BCUT2D eigenvalue weighted by atomic mass is 16.5. The van der Waals surface area contributed by atoms with Gasteiger partial charge in [-0.05, 0) is 51.1 Å².